The SMILES string of the molecule is CCNc1cc(C)nc(Nc2ccc(NS(=O)(=O)c3ccc(C)cc3)cc2)n1. The summed E-state index contributed by atoms with van der Waals surface area (Å²) in [5, 5.41) is 6.29. The predicted molar refractivity (Wildman–Crippen MR) is 113 cm³/mol. The summed E-state index contributed by atoms with van der Waals surface area (Å²) in [5.41, 5.74) is 3.08. The average Bonchev–Trinajstić information content (AvgIpc) is 2.63. The van der Waals surface area contributed by atoms with Crippen LogP contribution in [-0.4, -0.2) is 24.9 Å². The second-order valence-electron chi connectivity index (χ2n) is 6.37. The molecule has 0 unspecified atom stereocenters. The Labute approximate surface area is 165 Å². The number of aryl methyl sites for hydroxylation is 2. The van der Waals surface area contributed by atoms with E-state index in [1.165, 1.54) is 0 Å². The van der Waals surface area contributed by atoms with E-state index in [2.05, 4.69) is 25.3 Å². The van der Waals surface area contributed by atoms with Crippen LogP contribution in [0.15, 0.2) is 59.5 Å². The molecule has 1 heterocycles. The fourth-order valence-electron chi connectivity index (χ4n) is 2.58. The predicted octanol–water partition coefficient (Wildman–Crippen LogP) is 4.07. The highest BCUT2D eigenvalue weighted by Crippen LogP contribution is 2.21. The van der Waals surface area contributed by atoms with Gasteiger partial charge in [0.05, 0.1) is 4.90 Å². The van der Waals surface area contributed by atoms with Crippen molar-refractivity contribution in [3.63, 3.8) is 0 Å². The van der Waals surface area contributed by atoms with Gasteiger partial charge in [-0.3, -0.25) is 4.72 Å². The molecule has 0 atom stereocenters. The molecule has 8 heteroatoms. The third-order valence-electron chi connectivity index (χ3n) is 3.94. The van der Waals surface area contributed by atoms with Gasteiger partial charge in [0, 0.05) is 29.7 Å². The molecule has 0 bridgehead atoms. The lowest BCUT2D eigenvalue weighted by atomic mass is 10.2. The van der Waals surface area contributed by atoms with Gasteiger partial charge in [-0.25, -0.2) is 13.4 Å². The molecule has 0 fully saturated rings. The Morgan fingerprint density at radius 2 is 1.54 bits per heavy atom. The topological polar surface area (TPSA) is 96.0 Å². The molecular formula is C20H23N5O2S. The zero-order valence-corrected chi connectivity index (χ0v) is 16.8. The first-order chi connectivity index (χ1) is 13.4. The fraction of sp³-hybridized carbons (Fsp3) is 0.200. The van der Waals surface area contributed by atoms with Gasteiger partial charge in [-0.05, 0) is 57.2 Å². The highest BCUT2D eigenvalue weighted by molar-refractivity contribution is 7.92. The third kappa shape index (κ3) is 4.98. The first-order valence-corrected chi connectivity index (χ1v) is 10.4. The van der Waals surface area contributed by atoms with Gasteiger partial charge in [-0.1, -0.05) is 17.7 Å². The van der Waals surface area contributed by atoms with E-state index in [1.807, 2.05) is 26.8 Å². The number of benzene rings is 2. The number of hydrogen-bond donors (Lipinski definition) is 3. The van der Waals surface area contributed by atoms with Gasteiger partial charge < -0.3 is 10.6 Å². The molecule has 146 valence electrons. The van der Waals surface area contributed by atoms with Gasteiger partial charge in [0.15, 0.2) is 0 Å². The summed E-state index contributed by atoms with van der Waals surface area (Å²) in [4.78, 5) is 8.99. The molecule has 3 aromatic rings. The van der Waals surface area contributed by atoms with Crippen LogP contribution in [0, 0.1) is 13.8 Å². The van der Waals surface area contributed by atoms with Crippen LogP contribution in [0.4, 0.5) is 23.1 Å². The number of nitrogens with one attached hydrogen (secondary N) is 3. The maximum Gasteiger partial charge on any atom is 0.261 e. The van der Waals surface area contributed by atoms with Crippen molar-refractivity contribution in [3.8, 4) is 0 Å². The smallest absolute Gasteiger partial charge is 0.261 e. The summed E-state index contributed by atoms with van der Waals surface area (Å²) >= 11 is 0. The van der Waals surface area contributed by atoms with Gasteiger partial charge in [0.25, 0.3) is 10.0 Å². The number of hydrogen-bond acceptors (Lipinski definition) is 6. The number of anilines is 4. The summed E-state index contributed by atoms with van der Waals surface area (Å²) in [6.07, 6.45) is 0. The Morgan fingerprint density at radius 1 is 0.893 bits per heavy atom. The summed E-state index contributed by atoms with van der Waals surface area (Å²) < 4.78 is 27.5. The van der Waals surface area contributed by atoms with Crippen LogP contribution < -0.4 is 15.4 Å². The van der Waals surface area contributed by atoms with Gasteiger partial charge in [0.1, 0.15) is 5.82 Å². The van der Waals surface area contributed by atoms with E-state index >= 15 is 0 Å². The Bertz CT molecular complexity index is 1050. The first-order valence-electron chi connectivity index (χ1n) is 8.92. The fourth-order valence-corrected chi connectivity index (χ4v) is 3.64. The maximum atomic E-state index is 12.5. The molecule has 0 saturated carbocycles. The quantitative estimate of drug-likeness (QED) is 0.556. The van der Waals surface area contributed by atoms with Crippen molar-refractivity contribution < 1.29 is 8.42 Å². The number of aromatic nitrogens is 2. The summed E-state index contributed by atoms with van der Waals surface area (Å²) in [6, 6.07) is 15.5. The van der Waals surface area contributed by atoms with Crippen LogP contribution in [0.3, 0.4) is 0 Å². The summed E-state index contributed by atoms with van der Waals surface area (Å²) in [7, 11) is -3.62. The second-order valence-corrected chi connectivity index (χ2v) is 8.05. The molecular weight excluding hydrogens is 374 g/mol. The largest absolute Gasteiger partial charge is 0.370 e. The van der Waals surface area contributed by atoms with Crippen molar-refractivity contribution in [3.05, 3.63) is 65.9 Å². The standard InChI is InChI=1S/C20H23N5O2S/c1-4-21-19-13-15(3)22-20(24-19)23-16-7-9-17(10-8-16)25-28(26,27)18-11-5-14(2)6-12-18/h5-13,25H,4H2,1-3H3,(H2,21,22,23,24). The van der Waals surface area contributed by atoms with Gasteiger partial charge >= 0.3 is 0 Å². The lowest BCUT2D eigenvalue weighted by Crippen LogP contribution is -2.12. The molecule has 7 nitrogen and oxygen atoms in total. The van der Waals surface area contributed by atoms with Crippen LogP contribution >= 0.6 is 0 Å². The molecule has 3 rings (SSSR count). The molecule has 0 saturated heterocycles. The molecule has 2 aromatic carbocycles. The van der Waals surface area contributed by atoms with Crippen molar-refractivity contribution in [2.24, 2.45) is 0 Å². The lowest BCUT2D eigenvalue weighted by molar-refractivity contribution is 0.601. The Balaban J connectivity index is 1.72. The Kier molecular flexibility index (Phi) is 5.79. The van der Waals surface area contributed by atoms with E-state index in [9.17, 15) is 8.42 Å². The number of nitrogens with zero attached hydrogens (tertiary/aromatic N) is 2. The average molecular weight is 398 g/mol. The van der Waals surface area contributed by atoms with Crippen molar-refractivity contribution in [1.29, 1.82) is 0 Å². The zero-order chi connectivity index (χ0) is 20.1. The van der Waals surface area contributed by atoms with Crippen molar-refractivity contribution >= 4 is 33.2 Å². The monoisotopic (exact) mass is 397 g/mol. The van der Waals surface area contributed by atoms with Crippen molar-refractivity contribution in [1.82, 2.24) is 9.97 Å². The normalized spacial score (nSPS) is 11.1. The van der Waals surface area contributed by atoms with Crippen LogP contribution in [0.2, 0.25) is 0 Å². The molecule has 1 aromatic heterocycles. The van der Waals surface area contributed by atoms with Crippen LogP contribution in [-0.2, 0) is 10.0 Å². The highest BCUT2D eigenvalue weighted by atomic mass is 32.2. The molecule has 28 heavy (non-hydrogen) atoms. The minimum absolute atomic E-state index is 0.226. The first kappa shape index (κ1) is 19.6. The van der Waals surface area contributed by atoms with Crippen LogP contribution in [0.1, 0.15) is 18.2 Å². The van der Waals surface area contributed by atoms with Gasteiger partial charge in [-0.2, -0.15) is 4.98 Å². The molecule has 0 spiro atoms. The van der Waals surface area contributed by atoms with E-state index in [4.69, 9.17) is 0 Å². The molecule has 0 radical (unpaired) electrons. The van der Waals surface area contributed by atoms with E-state index in [0.717, 1.165) is 29.3 Å². The zero-order valence-electron chi connectivity index (χ0n) is 16.0. The van der Waals surface area contributed by atoms with E-state index in [-0.39, 0.29) is 4.90 Å². The maximum absolute atomic E-state index is 12.5. The molecule has 0 amide bonds. The minimum atomic E-state index is -3.62. The van der Waals surface area contributed by atoms with E-state index < -0.39 is 10.0 Å². The number of rotatable bonds is 7. The van der Waals surface area contributed by atoms with Crippen LogP contribution in [0.25, 0.3) is 0 Å². The summed E-state index contributed by atoms with van der Waals surface area (Å²) in [5.74, 6) is 1.23. The third-order valence-corrected chi connectivity index (χ3v) is 5.33. The van der Waals surface area contributed by atoms with Crippen molar-refractivity contribution in [2.45, 2.75) is 25.7 Å². The molecule has 0 aliphatic carbocycles. The second kappa shape index (κ2) is 8.26. The van der Waals surface area contributed by atoms with Gasteiger partial charge in [0.2, 0.25) is 5.95 Å². The Morgan fingerprint density at radius 3 is 2.18 bits per heavy atom. The summed E-state index contributed by atoms with van der Waals surface area (Å²) in [6.45, 7) is 6.58. The minimum Gasteiger partial charge on any atom is -0.370 e. The molecule has 0 aliphatic heterocycles. The van der Waals surface area contributed by atoms with Gasteiger partial charge in [-0.15, -0.1) is 0 Å². The van der Waals surface area contributed by atoms with E-state index in [0.29, 0.717) is 11.6 Å². The highest BCUT2D eigenvalue weighted by Gasteiger charge is 2.13. The van der Waals surface area contributed by atoms with Crippen LogP contribution in [0.5, 0.6) is 0 Å². The molecule has 3 N–H and O–H groups in total. The lowest BCUT2D eigenvalue weighted by Gasteiger charge is -2.11. The number of sulfonamides is 1. The van der Waals surface area contributed by atoms with E-state index in [1.54, 1.807) is 48.5 Å². The molecule has 0 aliphatic rings. The Hall–Kier alpha value is -3.13. The van der Waals surface area contributed by atoms with Crippen molar-refractivity contribution in [2.75, 3.05) is 21.9 Å².